The van der Waals surface area contributed by atoms with Gasteiger partial charge in [0.15, 0.2) is 0 Å². The number of rotatable bonds is 7. The van der Waals surface area contributed by atoms with Crippen LogP contribution in [0.4, 0.5) is 4.39 Å². The highest BCUT2D eigenvalue weighted by molar-refractivity contribution is 9.10. The summed E-state index contributed by atoms with van der Waals surface area (Å²) in [5.41, 5.74) is 2.15. The van der Waals surface area contributed by atoms with Crippen LogP contribution in [0.15, 0.2) is 34.8 Å². The molecule has 0 fully saturated rings. The topological polar surface area (TPSA) is 12.0 Å². The molecule has 0 aliphatic rings. The van der Waals surface area contributed by atoms with Gasteiger partial charge >= 0.3 is 0 Å². The number of halogens is 2. The summed E-state index contributed by atoms with van der Waals surface area (Å²) in [4.78, 5) is 0. The lowest BCUT2D eigenvalue weighted by atomic mass is 9.99. The zero-order chi connectivity index (χ0) is 13.5. The molecule has 1 aromatic rings. The normalized spacial score (nSPS) is 12.4. The monoisotopic (exact) mass is 313 g/mol. The molecule has 0 aliphatic carbocycles. The molecule has 0 aromatic heterocycles. The summed E-state index contributed by atoms with van der Waals surface area (Å²) in [5, 5.41) is 3.47. The minimum atomic E-state index is -0.203. The summed E-state index contributed by atoms with van der Waals surface area (Å²) >= 11 is 3.34. The molecular weight excluding hydrogens is 293 g/mol. The minimum absolute atomic E-state index is 0.173. The van der Waals surface area contributed by atoms with E-state index in [-0.39, 0.29) is 11.9 Å². The van der Waals surface area contributed by atoms with E-state index in [4.69, 9.17) is 0 Å². The van der Waals surface area contributed by atoms with Crippen molar-refractivity contribution in [3.05, 3.63) is 46.2 Å². The van der Waals surface area contributed by atoms with E-state index in [2.05, 4.69) is 34.7 Å². The molecule has 1 N–H and O–H groups in total. The Bertz CT molecular complexity index is 403. The van der Waals surface area contributed by atoms with Gasteiger partial charge in [-0.05, 0) is 60.3 Å². The van der Waals surface area contributed by atoms with Crippen LogP contribution in [0.2, 0.25) is 0 Å². The van der Waals surface area contributed by atoms with Crippen LogP contribution < -0.4 is 5.32 Å². The highest BCUT2D eigenvalue weighted by Gasteiger charge is 2.15. The number of benzene rings is 1. The summed E-state index contributed by atoms with van der Waals surface area (Å²) in [6.07, 6.45) is 2.96. The van der Waals surface area contributed by atoms with Gasteiger partial charge in [-0.15, -0.1) is 6.58 Å². The predicted octanol–water partition coefficient (Wildman–Crippen LogP) is 4.99. The second-order valence-electron chi connectivity index (χ2n) is 4.65. The van der Waals surface area contributed by atoms with E-state index in [1.807, 2.05) is 13.0 Å². The van der Waals surface area contributed by atoms with E-state index in [0.29, 0.717) is 4.47 Å². The summed E-state index contributed by atoms with van der Waals surface area (Å²) in [6, 6.07) is 5.38. The van der Waals surface area contributed by atoms with Crippen LogP contribution in [0.1, 0.15) is 44.7 Å². The van der Waals surface area contributed by atoms with Gasteiger partial charge < -0.3 is 5.32 Å². The Morgan fingerprint density at radius 1 is 1.50 bits per heavy atom. The number of hydrogen-bond donors (Lipinski definition) is 1. The van der Waals surface area contributed by atoms with Crippen molar-refractivity contribution in [2.45, 2.75) is 39.2 Å². The fraction of sp³-hybridized carbons (Fsp3) is 0.467. The Morgan fingerprint density at radius 3 is 2.83 bits per heavy atom. The lowest BCUT2D eigenvalue weighted by Crippen LogP contribution is -2.22. The molecule has 0 bridgehead atoms. The molecule has 0 spiro atoms. The van der Waals surface area contributed by atoms with Gasteiger partial charge in [-0.25, -0.2) is 4.39 Å². The van der Waals surface area contributed by atoms with Crippen LogP contribution >= 0.6 is 15.9 Å². The van der Waals surface area contributed by atoms with Crippen molar-refractivity contribution in [3.8, 4) is 0 Å². The van der Waals surface area contributed by atoms with E-state index >= 15 is 0 Å². The number of allylic oxidation sites excluding steroid dienone is 1. The third kappa shape index (κ3) is 4.54. The van der Waals surface area contributed by atoms with Crippen molar-refractivity contribution in [3.63, 3.8) is 0 Å². The molecule has 1 nitrogen and oxygen atoms in total. The molecule has 0 saturated heterocycles. The van der Waals surface area contributed by atoms with E-state index < -0.39 is 0 Å². The van der Waals surface area contributed by atoms with Gasteiger partial charge in [-0.1, -0.05) is 24.6 Å². The summed E-state index contributed by atoms with van der Waals surface area (Å²) in [5.74, 6) is -0.203. The molecule has 18 heavy (non-hydrogen) atoms. The second kappa shape index (κ2) is 7.70. The van der Waals surface area contributed by atoms with Crippen LogP contribution in [-0.2, 0) is 0 Å². The van der Waals surface area contributed by atoms with E-state index in [0.717, 1.165) is 36.9 Å². The SMILES string of the molecule is C=C(C)CCC(NCCC)c1cccc(F)c1Br. The Morgan fingerprint density at radius 2 is 2.22 bits per heavy atom. The Labute approximate surface area is 118 Å². The first kappa shape index (κ1) is 15.4. The van der Waals surface area contributed by atoms with Crippen LogP contribution in [0.25, 0.3) is 0 Å². The zero-order valence-electron chi connectivity index (χ0n) is 11.1. The van der Waals surface area contributed by atoms with Gasteiger partial charge in [0.25, 0.3) is 0 Å². The summed E-state index contributed by atoms with van der Waals surface area (Å²) in [6.45, 7) is 9.02. The maximum atomic E-state index is 13.6. The molecule has 0 heterocycles. The Balaban J connectivity index is 2.86. The maximum Gasteiger partial charge on any atom is 0.137 e. The average molecular weight is 314 g/mol. The maximum absolute atomic E-state index is 13.6. The van der Waals surface area contributed by atoms with Gasteiger partial charge in [0.1, 0.15) is 5.82 Å². The first-order valence-corrected chi connectivity index (χ1v) is 7.17. The van der Waals surface area contributed by atoms with Crippen molar-refractivity contribution in [1.82, 2.24) is 5.32 Å². The van der Waals surface area contributed by atoms with Crippen molar-refractivity contribution >= 4 is 15.9 Å². The summed E-state index contributed by atoms with van der Waals surface area (Å²) < 4.78 is 14.1. The van der Waals surface area contributed by atoms with Crippen molar-refractivity contribution in [1.29, 1.82) is 0 Å². The largest absolute Gasteiger partial charge is 0.310 e. The van der Waals surface area contributed by atoms with E-state index in [1.165, 1.54) is 6.07 Å². The van der Waals surface area contributed by atoms with Crippen LogP contribution in [0.5, 0.6) is 0 Å². The van der Waals surface area contributed by atoms with Gasteiger partial charge in [0.2, 0.25) is 0 Å². The standard InChI is InChI=1S/C15H21BrFN/c1-4-10-18-14(9-8-11(2)3)12-6-5-7-13(17)15(12)16/h5-7,14,18H,2,4,8-10H2,1,3H3. The van der Waals surface area contributed by atoms with Crippen molar-refractivity contribution < 1.29 is 4.39 Å². The smallest absolute Gasteiger partial charge is 0.137 e. The Hall–Kier alpha value is -0.670. The fourth-order valence-electron chi connectivity index (χ4n) is 1.87. The van der Waals surface area contributed by atoms with Gasteiger partial charge in [0.05, 0.1) is 4.47 Å². The van der Waals surface area contributed by atoms with Crippen molar-refractivity contribution in [2.24, 2.45) is 0 Å². The quantitative estimate of drug-likeness (QED) is 0.700. The third-order valence-corrected chi connectivity index (χ3v) is 3.69. The predicted molar refractivity (Wildman–Crippen MR) is 79.2 cm³/mol. The molecule has 1 rings (SSSR count). The lowest BCUT2D eigenvalue weighted by Gasteiger charge is -2.20. The molecule has 100 valence electrons. The Kier molecular flexibility index (Phi) is 6.58. The number of hydrogen-bond acceptors (Lipinski definition) is 1. The molecule has 1 atom stereocenters. The highest BCUT2D eigenvalue weighted by Crippen LogP contribution is 2.29. The molecule has 0 aliphatic heterocycles. The third-order valence-electron chi connectivity index (χ3n) is 2.86. The van der Waals surface area contributed by atoms with E-state index in [9.17, 15) is 4.39 Å². The van der Waals surface area contributed by atoms with E-state index in [1.54, 1.807) is 6.07 Å². The zero-order valence-corrected chi connectivity index (χ0v) is 12.7. The first-order valence-electron chi connectivity index (χ1n) is 6.38. The molecule has 0 radical (unpaired) electrons. The molecule has 1 aromatic carbocycles. The second-order valence-corrected chi connectivity index (χ2v) is 5.44. The molecule has 3 heteroatoms. The minimum Gasteiger partial charge on any atom is -0.310 e. The lowest BCUT2D eigenvalue weighted by molar-refractivity contribution is 0.492. The van der Waals surface area contributed by atoms with Gasteiger partial charge in [0, 0.05) is 6.04 Å². The van der Waals surface area contributed by atoms with Gasteiger partial charge in [-0.3, -0.25) is 0 Å². The van der Waals surface area contributed by atoms with Crippen LogP contribution in [-0.4, -0.2) is 6.54 Å². The molecule has 0 saturated carbocycles. The van der Waals surface area contributed by atoms with Crippen LogP contribution in [0.3, 0.4) is 0 Å². The number of nitrogens with one attached hydrogen (secondary N) is 1. The first-order chi connectivity index (χ1) is 8.56. The average Bonchev–Trinajstić information content (AvgIpc) is 2.33. The van der Waals surface area contributed by atoms with Crippen LogP contribution in [0, 0.1) is 5.82 Å². The molecule has 0 amide bonds. The molecule has 1 unspecified atom stereocenters. The fourth-order valence-corrected chi connectivity index (χ4v) is 2.41. The summed E-state index contributed by atoms with van der Waals surface area (Å²) in [7, 11) is 0. The highest BCUT2D eigenvalue weighted by atomic mass is 79.9. The van der Waals surface area contributed by atoms with Crippen molar-refractivity contribution in [2.75, 3.05) is 6.54 Å². The van der Waals surface area contributed by atoms with Gasteiger partial charge in [-0.2, -0.15) is 0 Å². The molecular formula is C15H21BrFN.